The van der Waals surface area contributed by atoms with Crippen LogP contribution in [0.1, 0.15) is 13.8 Å². The molecule has 0 saturated heterocycles. The van der Waals surface area contributed by atoms with E-state index < -0.39 is 4.92 Å². The minimum atomic E-state index is -0.428. The first kappa shape index (κ1) is 13.6. The number of halogens is 1. The lowest BCUT2D eigenvalue weighted by Gasteiger charge is -2.18. The largest absolute Gasteiger partial charge is 0.352 e. The molecule has 2 rings (SSSR count). The smallest absolute Gasteiger partial charge is 0.271 e. The van der Waals surface area contributed by atoms with Crippen molar-refractivity contribution in [1.29, 1.82) is 0 Å². The van der Waals surface area contributed by atoms with E-state index in [1.54, 1.807) is 6.07 Å². The third kappa shape index (κ3) is 2.96. The van der Waals surface area contributed by atoms with Crippen LogP contribution in [-0.2, 0) is 0 Å². The van der Waals surface area contributed by atoms with E-state index in [4.69, 9.17) is 11.6 Å². The Labute approximate surface area is 115 Å². The number of anilines is 1. The highest BCUT2D eigenvalue weighted by atomic mass is 35.5. The molecule has 0 spiro atoms. The van der Waals surface area contributed by atoms with E-state index >= 15 is 0 Å². The average molecular weight is 283 g/mol. The van der Waals surface area contributed by atoms with Crippen LogP contribution in [0.2, 0.25) is 0 Å². The van der Waals surface area contributed by atoms with Gasteiger partial charge in [-0.15, -0.1) is 11.6 Å². The van der Waals surface area contributed by atoms with Gasteiger partial charge in [0.1, 0.15) is 0 Å². The number of non-ortho nitro benzene ring substituents is 1. The van der Waals surface area contributed by atoms with Crippen molar-refractivity contribution in [2.24, 2.45) is 5.92 Å². The molecule has 0 saturated carbocycles. The monoisotopic (exact) mass is 282 g/mol. The molecule has 19 heavy (non-hydrogen) atoms. The van der Waals surface area contributed by atoms with Gasteiger partial charge in [-0.05, 0) is 12.0 Å². The molecular formula is C12H15ClN4O2. The van der Waals surface area contributed by atoms with E-state index in [1.165, 1.54) is 12.1 Å². The van der Waals surface area contributed by atoms with E-state index in [0.29, 0.717) is 28.8 Å². The fourth-order valence-electron chi connectivity index (χ4n) is 1.74. The van der Waals surface area contributed by atoms with Gasteiger partial charge in [0.2, 0.25) is 5.95 Å². The Morgan fingerprint density at radius 2 is 2.26 bits per heavy atom. The van der Waals surface area contributed by atoms with Crippen LogP contribution in [-0.4, -0.2) is 26.8 Å². The van der Waals surface area contributed by atoms with Gasteiger partial charge in [-0.2, -0.15) is 0 Å². The van der Waals surface area contributed by atoms with Gasteiger partial charge < -0.3 is 10.3 Å². The molecular weight excluding hydrogens is 268 g/mol. The molecule has 0 radical (unpaired) electrons. The number of rotatable bonds is 5. The molecule has 1 unspecified atom stereocenters. The number of nitro benzene ring substituents is 1. The Bertz CT molecular complexity index is 596. The van der Waals surface area contributed by atoms with Crippen molar-refractivity contribution < 1.29 is 4.92 Å². The number of benzene rings is 1. The summed E-state index contributed by atoms with van der Waals surface area (Å²) in [5, 5.41) is 13.9. The standard InChI is InChI=1S/C12H15ClN4O2/c1-7(2)11(6-13)16-12-14-9-4-3-8(17(18)19)5-10(9)15-12/h3-5,7,11H,6H2,1-2H3,(H2,14,15,16). The Morgan fingerprint density at radius 3 is 2.84 bits per heavy atom. The number of hydrogen-bond donors (Lipinski definition) is 2. The Morgan fingerprint density at radius 1 is 1.53 bits per heavy atom. The molecule has 2 aromatic rings. The van der Waals surface area contributed by atoms with Crippen molar-refractivity contribution in [2.45, 2.75) is 19.9 Å². The first-order valence-corrected chi connectivity index (χ1v) is 6.51. The lowest BCUT2D eigenvalue weighted by Crippen LogP contribution is -2.27. The molecule has 6 nitrogen and oxygen atoms in total. The number of imidazole rings is 1. The summed E-state index contributed by atoms with van der Waals surface area (Å²) in [5.41, 5.74) is 1.36. The summed E-state index contributed by atoms with van der Waals surface area (Å²) in [5.74, 6) is 1.41. The van der Waals surface area contributed by atoms with Gasteiger partial charge in [0.25, 0.3) is 5.69 Å². The van der Waals surface area contributed by atoms with Gasteiger partial charge in [-0.1, -0.05) is 13.8 Å². The molecule has 0 fully saturated rings. The number of aromatic nitrogens is 2. The fourth-order valence-corrected chi connectivity index (χ4v) is 2.17. The van der Waals surface area contributed by atoms with Crippen LogP contribution in [0.5, 0.6) is 0 Å². The molecule has 7 heteroatoms. The van der Waals surface area contributed by atoms with Gasteiger partial charge in [0.15, 0.2) is 0 Å². The highest BCUT2D eigenvalue weighted by molar-refractivity contribution is 6.18. The minimum absolute atomic E-state index is 0.0421. The predicted molar refractivity (Wildman–Crippen MR) is 75.7 cm³/mol. The summed E-state index contributed by atoms with van der Waals surface area (Å²) < 4.78 is 0. The van der Waals surface area contributed by atoms with Crippen molar-refractivity contribution in [1.82, 2.24) is 9.97 Å². The summed E-state index contributed by atoms with van der Waals surface area (Å²) in [7, 11) is 0. The van der Waals surface area contributed by atoms with E-state index in [1.807, 2.05) is 0 Å². The van der Waals surface area contributed by atoms with Crippen molar-refractivity contribution in [3.8, 4) is 0 Å². The van der Waals surface area contributed by atoms with E-state index in [-0.39, 0.29) is 11.7 Å². The van der Waals surface area contributed by atoms with Crippen LogP contribution in [0.4, 0.5) is 11.6 Å². The van der Waals surface area contributed by atoms with Gasteiger partial charge in [0, 0.05) is 24.1 Å². The molecule has 0 bridgehead atoms. The number of nitrogens with zero attached hydrogens (tertiary/aromatic N) is 2. The first-order valence-electron chi connectivity index (χ1n) is 5.98. The normalized spacial score (nSPS) is 12.8. The number of fused-ring (bicyclic) bond motifs is 1. The maximum atomic E-state index is 10.7. The highest BCUT2D eigenvalue weighted by Crippen LogP contribution is 2.21. The van der Waals surface area contributed by atoms with Gasteiger partial charge in [0.05, 0.1) is 16.0 Å². The first-order chi connectivity index (χ1) is 9.01. The van der Waals surface area contributed by atoms with Crippen molar-refractivity contribution in [3.63, 3.8) is 0 Å². The van der Waals surface area contributed by atoms with E-state index in [9.17, 15) is 10.1 Å². The van der Waals surface area contributed by atoms with Crippen molar-refractivity contribution >= 4 is 34.3 Å². The van der Waals surface area contributed by atoms with Crippen molar-refractivity contribution in [3.05, 3.63) is 28.3 Å². The summed E-state index contributed by atoms with van der Waals surface area (Å²) in [6, 6.07) is 4.63. The third-order valence-electron chi connectivity index (χ3n) is 2.97. The number of H-pyrrole nitrogens is 1. The van der Waals surface area contributed by atoms with E-state index in [0.717, 1.165) is 0 Å². The summed E-state index contributed by atoms with van der Waals surface area (Å²) in [4.78, 5) is 17.6. The molecule has 1 aromatic heterocycles. The molecule has 1 atom stereocenters. The second kappa shape index (κ2) is 5.44. The molecule has 0 aliphatic carbocycles. The Kier molecular flexibility index (Phi) is 3.90. The Balaban J connectivity index is 2.28. The number of nitrogens with one attached hydrogen (secondary N) is 2. The van der Waals surface area contributed by atoms with Crippen LogP contribution in [0, 0.1) is 16.0 Å². The van der Waals surface area contributed by atoms with Gasteiger partial charge >= 0.3 is 0 Å². The average Bonchev–Trinajstić information content (AvgIpc) is 2.76. The maximum Gasteiger partial charge on any atom is 0.271 e. The van der Waals surface area contributed by atoms with Crippen LogP contribution in [0.25, 0.3) is 11.0 Å². The summed E-state index contributed by atoms with van der Waals surface area (Å²) >= 11 is 5.88. The van der Waals surface area contributed by atoms with Gasteiger partial charge in [-0.3, -0.25) is 10.1 Å². The molecule has 102 valence electrons. The molecule has 1 aromatic carbocycles. The zero-order valence-corrected chi connectivity index (χ0v) is 11.4. The van der Waals surface area contributed by atoms with Crippen LogP contribution < -0.4 is 5.32 Å². The third-order valence-corrected chi connectivity index (χ3v) is 3.30. The lowest BCUT2D eigenvalue weighted by molar-refractivity contribution is -0.384. The predicted octanol–water partition coefficient (Wildman–Crippen LogP) is 3.15. The van der Waals surface area contributed by atoms with Crippen LogP contribution in [0.3, 0.4) is 0 Å². The SMILES string of the molecule is CC(C)C(CCl)Nc1nc2ccc([N+](=O)[O-])cc2[nH]1. The maximum absolute atomic E-state index is 10.7. The summed E-state index contributed by atoms with van der Waals surface area (Å²) in [6.45, 7) is 4.13. The van der Waals surface area contributed by atoms with E-state index in [2.05, 4.69) is 29.1 Å². The second-order valence-electron chi connectivity index (χ2n) is 4.69. The van der Waals surface area contributed by atoms with Crippen LogP contribution >= 0.6 is 11.6 Å². The number of nitro groups is 1. The molecule has 2 N–H and O–H groups in total. The lowest BCUT2D eigenvalue weighted by atomic mass is 10.1. The summed E-state index contributed by atoms with van der Waals surface area (Å²) in [6.07, 6.45) is 0. The van der Waals surface area contributed by atoms with Crippen molar-refractivity contribution in [2.75, 3.05) is 11.2 Å². The number of alkyl halides is 1. The number of aromatic amines is 1. The topological polar surface area (TPSA) is 83.8 Å². The molecule has 0 aliphatic heterocycles. The highest BCUT2D eigenvalue weighted by Gasteiger charge is 2.15. The van der Waals surface area contributed by atoms with Gasteiger partial charge in [-0.25, -0.2) is 4.98 Å². The molecule has 0 aliphatic rings. The number of hydrogen-bond acceptors (Lipinski definition) is 4. The Hall–Kier alpha value is -1.82. The zero-order chi connectivity index (χ0) is 14.0. The second-order valence-corrected chi connectivity index (χ2v) is 5.00. The minimum Gasteiger partial charge on any atom is -0.352 e. The van der Waals surface area contributed by atoms with Crippen LogP contribution in [0.15, 0.2) is 18.2 Å². The fraction of sp³-hybridized carbons (Fsp3) is 0.417. The molecule has 1 heterocycles. The molecule has 0 amide bonds. The quantitative estimate of drug-likeness (QED) is 0.501. The zero-order valence-electron chi connectivity index (χ0n) is 10.7.